The van der Waals surface area contributed by atoms with Gasteiger partial charge in [0, 0.05) is 5.39 Å². The zero-order valence-electron chi connectivity index (χ0n) is 15.9. The summed E-state index contributed by atoms with van der Waals surface area (Å²) in [6.45, 7) is 0. The Kier molecular flexibility index (Phi) is 3.91. The summed E-state index contributed by atoms with van der Waals surface area (Å²) in [6, 6.07) is 18.3. The van der Waals surface area contributed by atoms with Gasteiger partial charge in [-0.3, -0.25) is 0 Å². The fraction of sp³-hybridized carbons (Fsp3) is 0. The van der Waals surface area contributed by atoms with Crippen LogP contribution in [0.5, 0.6) is 0 Å². The highest BCUT2D eigenvalue weighted by atomic mass is 16.4. The van der Waals surface area contributed by atoms with Gasteiger partial charge in [-0.2, -0.15) is 0 Å². The van der Waals surface area contributed by atoms with Gasteiger partial charge in [-0.1, -0.05) is 42.5 Å². The molecule has 0 fully saturated rings. The molecule has 0 amide bonds. The highest BCUT2D eigenvalue weighted by Crippen LogP contribution is 2.38. The molecule has 0 saturated carbocycles. The van der Waals surface area contributed by atoms with Crippen molar-refractivity contribution in [2.45, 2.75) is 0 Å². The lowest BCUT2D eigenvalue weighted by atomic mass is 9.88. The summed E-state index contributed by atoms with van der Waals surface area (Å²) in [6.07, 6.45) is 0. The van der Waals surface area contributed by atoms with Crippen molar-refractivity contribution in [3.8, 4) is 0 Å². The average molecular weight is 410 g/mol. The Bertz CT molecular complexity index is 1610. The van der Waals surface area contributed by atoms with E-state index in [2.05, 4.69) is 0 Å². The molecule has 31 heavy (non-hydrogen) atoms. The molecular formula is C25H14O6. The van der Waals surface area contributed by atoms with Crippen molar-refractivity contribution in [1.82, 2.24) is 0 Å². The zero-order valence-corrected chi connectivity index (χ0v) is 15.9. The molecule has 0 aliphatic rings. The molecule has 0 atom stereocenters. The van der Waals surface area contributed by atoms with Gasteiger partial charge in [0.1, 0.15) is 0 Å². The first-order chi connectivity index (χ1) is 14.9. The quantitative estimate of drug-likeness (QED) is 0.271. The number of carbonyl (C=O) groups is 3. The van der Waals surface area contributed by atoms with Gasteiger partial charge in [0.05, 0.1) is 16.7 Å². The van der Waals surface area contributed by atoms with Crippen molar-refractivity contribution in [2.24, 2.45) is 0 Å². The minimum atomic E-state index is -1.16. The van der Waals surface area contributed by atoms with E-state index in [1.807, 2.05) is 6.07 Å². The number of carboxylic acids is 3. The largest absolute Gasteiger partial charge is 0.478 e. The van der Waals surface area contributed by atoms with Crippen LogP contribution >= 0.6 is 0 Å². The van der Waals surface area contributed by atoms with Gasteiger partial charge in [-0.25, -0.2) is 14.4 Å². The summed E-state index contributed by atoms with van der Waals surface area (Å²) < 4.78 is 0. The number of carboxylic acid groups (broad SMARTS) is 3. The van der Waals surface area contributed by atoms with Crippen LogP contribution in [0.1, 0.15) is 31.1 Å². The fourth-order valence-electron chi connectivity index (χ4n) is 4.33. The topological polar surface area (TPSA) is 112 Å². The molecule has 5 aromatic carbocycles. The molecule has 3 N–H and O–H groups in total. The second-order valence-corrected chi connectivity index (χ2v) is 7.33. The fourth-order valence-corrected chi connectivity index (χ4v) is 4.33. The minimum absolute atomic E-state index is 0.0231. The molecule has 0 aliphatic heterocycles. The lowest BCUT2D eigenvalue weighted by molar-refractivity contribution is 0.0687. The SMILES string of the molecule is O=C(O)c1ccc2cc3ccc4c(C(=O)O)c5ccccc5c(C(=O)O)c4c3cc2c1. The van der Waals surface area contributed by atoms with Gasteiger partial charge in [-0.15, -0.1) is 0 Å². The predicted molar refractivity (Wildman–Crippen MR) is 117 cm³/mol. The molecule has 5 rings (SSSR count). The second kappa shape index (κ2) is 6.53. The van der Waals surface area contributed by atoms with Gasteiger partial charge >= 0.3 is 17.9 Å². The van der Waals surface area contributed by atoms with Crippen molar-refractivity contribution >= 4 is 61.0 Å². The van der Waals surface area contributed by atoms with Gasteiger partial charge in [0.15, 0.2) is 0 Å². The molecule has 150 valence electrons. The number of hydrogen-bond acceptors (Lipinski definition) is 3. The lowest BCUT2D eigenvalue weighted by Crippen LogP contribution is -2.06. The number of hydrogen-bond donors (Lipinski definition) is 3. The van der Waals surface area contributed by atoms with Crippen molar-refractivity contribution in [3.05, 3.63) is 83.4 Å². The lowest BCUT2D eigenvalue weighted by Gasteiger charge is -2.15. The van der Waals surface area contributed by atoms with Crippen LogP contribution in [0.3, 0.4) is 0 Å². The smallest absolute Gasteiger partial charge is 0.336 e. The van der Waals surface area contributed by atoms with Crippen LogP contribution in [0.2, 0.25) is 0 Å². The van der Waals surface area contributed by atoms with Crippen molar-refractivity contribution in [2.75, 3.05) is 0 Å². The molecule has 5 aromatic rings. The molecule has 6 nitrogen and oxygen atoms in total. The van der Waals surface area contributed by atoms with Crippen molar-refractivity contribution in [1.29, 1.82) is 0 Å². The van der Waals surface area contributed by atoms with E-state index in [0.717, 1.165) is 10.8 Å². The first-order valence-electron chi connectivity index (χ1n) is 9.41. The third-order valence-electron chi connectivity index (χ3n) is 5.64. The molecule has 0 unspecified atom stereocenters. The molecule has 0 aromatic heterocycles. The number of benzene rings is 5. The Hall–Kier alpha value is -4.45. The van der Waals surface area contributed by atoms with Gasteiger partial charge in [0.2, 0.25) is 0 Å². The Morgan fingerprint density at radius 3 is 1.81 bits per heavy atom. The Labute approximate surface area is 174 Å². The molecule has 0 bridgehead atoms. The van der Waals surface area contributed by atoms with Crippen LogP contribution in [-0.2, 0) is 0 Å². The molecule has 0 aliphatic carbocycles. The minimum Gasteiger partial charge on any atom is -0.478 e. The van der Waals surface area contributed by atoms with Crippen molar-refractivity contribution in [3.63, 3.8) is 0 Å². The van der Waals surface area contributed by atoms with Crippen molar-refractivity contribution < 1.29 is 29.7 Å². The first kappa shape index (κ1) is 18.6. The molecule has 6 heteroatoms. The summed E-state index contributed by atoms with van der Waals surface area (Å²) in [5.41, 5.74) is 0.175. The summed E-state index contributed by atoms with van der Waals surface area (Å²) in [5.74, 6) is -3.37. The monoisotopic (exact) mass is 410 g/mol. The molecule has 0 radical (unpaired) electrons. The maximum Gasteiger partial charge on any atom is 0.336 e. The number of rotatable bonds is 3. The van der Waals surface area contributed by atoms with Gasteiger partial charge < -0.3 is 15.3 Å². The highest BCUT2D eigenvalue weighted by Gasteiger charge is 2.23. The number of fused-ring (bicyclic) bond motifs is 5. The zero-order chi connectivity index (χ0) is 21.9. The first-order valence-corrected chi connectivity index (χ1v) is 9.41. The maximum absolute atomic E-state index is 12.3. The number of aromatic carboxylic acids is 3. The third-order valence-corrected chi connectivity index (χ3v) is 5.64. The predicted octanol–water partition coefficient (Wildman–Crippen LogP) is 5.39. The Morgan fingerprint density at radius 2 is 1.16 bits per heavy atom. The third kappa shape index (κ3) is 2.69. The van der Waals surface area contributed by atoms with E-state index < -0.39 is 17.9 Å². The van der Waals surface area contributed by atoms with E-state index in [1.54, 1.807) is 48.5 Å². The molecule has 0 heterocycles. The Balaban J connectivity index is 2.07. The summed E-state index contributed by atoms with van der Waals surface area (Å²) in [4.78, 5) is 35.9. The van der Waals surface area contributed by atoms with Crippen LogP contribution < -0.4 is 0 Å². The van der Waals surface area contributed by atoms with Crippen LogP contribution in [0, 0.1) is 0 Å². The molecular weight excluding hydrogens is 396 g/mol. The average Bonchev–Trinajstić information content (AvgIpc) is 2.74. The van der Waals surface area contributed by atoms with Gasteiger partial charge in [-0.05, 0) is 62.0 Å². The van der Waals surface area contributed by atoms with E-state index in [-0.39, 0.29) is 16.7 Å². The normalized spacial score (nSPS) is 11.4. The van der Waals surface area contributed by atoms with E-state index in [9.17, 15) is 29.7 Å². The second-order valence-electron chi connectivity index (χ2n) is 7.33. The van der Waals surface area contributed by atoms with E-state index in [0.29, 0.717) is 32.3 Å². The standard InChI is InChI=1S/C25H14O6/c26-23(27)14-6-5-12-9-13-7-8-18-20(19(13)11-15(12)10-14)22(25(30)31)17-4-2-1-3-16(17)21(18)24(28)29/h1-11H,(H,26,27)(H,28,29)(H,30,31). The van der Waals surface area contributed by atoms with E-state index >= 15 is 0 Å². The van der Waals surface area contributed by atoms with Crippen LogP contribution in [0.4, 0.5) is 0 Å². The Morgan fingerprint density at radius 1 is 0.516 bits per heavy atom. The molecule has 0 saturated heterocycles. The van der Waals surface area contributed by atoms with Crippen LogP contribution in [0.15, 0.2) is 66.7 Å². The molecule has 0 spiro atoms. The maximum atomic E-state index is 12.3. The van der Waals surface area contributed by atoms with Crippen LogP contribution in [0.25, 0.3) is 43.1 Å². The summed E-state index contributed by atoms with van der Waals surface area (Å²) >= 11 is 0. The van der Waals surface area contributed by atoms with Crippen LogP contribution in [-0.4, -0.2) is 33.2 Å². The summed E-state index contributed by atoms with van der Waals surface area (Å²) in [5, 5.41) is 33.4. The van der Waals surface area contributed by atoms with E-state index in [1.165, 1.54) is 12.1 Å². The summed E-state index contributed by atoms with van der Waals surface area (Å²) in [7, 11) is 0. The highest BCUT2D eigenvalue weighted by molar-refractivity contribution is 6.30. The van der Waals surface area contributed by atoms with Gasteiger partial charge in [0.25, 0.3) is 0 Å². The van der Waals surface area contributed by atoms with E-state index in [4.69, 9.17) is 0 Å².